The van der Waals surface area contributed by atoms with Crippen LogP contribution in [0.15, 0.2) is 33.6 Å². The quantitative estimate of drug-likeness (QED) is 0.883. The van der Waals surface area contributed by atoms with Crippen molar-refractivity contribution in [2.45, 2.75) is 23.8 Å². The van der Waals surface area contributed by atoms with E-state index in [-0.39, 0.29) is 16.9 Å². The zero-order valence-electron chi connectivity index (χ0n) is 9.14. The first-order valence-electron chi connectivity index (χ1n) is 5.41. The van der Waals surface area contributed by atoms with Crippen LogP contribution in [-0.2, 0) is 10.0 Å². The van der Waals surface area contributed by atoms with Crippen LogP contribution < -0.4 is 4.72 Å². The van der Waals surface area contributed by atoms with Gasteiger partial charge in [0.15, 0.2) is 0 Å². The average molecular weight is 320 g/mol. The molecule has 0 aliphatic heterocycles. The fourth-order valence-electron chi connectivity index (χ4n) is 1.84. The molecule has 94 valence electrons. The van der Waals surface area contributed by atoms with Crippen LogP contribution in [0.3, 0.4) is 0 Å². The van der Waals surface area contributed by atoms with E-state index >= 15 is 0 Å². The molecule has 0 unspecified atom stereocenters. The summed E-state index contributed by atoms with van der Waals surface area (Å²) in [6, 6.07) is 6.71. The second-order valence-corrected chi connectivity index (χ2v) is 6.86. The maximum absolute atomic E-state index is 12.0. The number of sulfonamides is 1. The molecule has 1 aliphatic carbocycles. The number of nitrogens with one attached hydrogen (secondary N) is 1. The van der Waals surface area contributed by atoms with Gasteiger partial charge >= 0.3 is 0 Å². The van der Waals surface area contributed by atoms with Crippen molar-refractivity contribution >= 4 is 26.0 Å². The lowest BCUT2D eigenvalue weighted by molar-refractivity contribution is 0.0453. The largest absolute Gasteiger partial charge is 0.393 e. The highest BCUT2D eigenvalue weighted by atomic mass is 79.9. The summed E-state index contributed by atoms with van der Waals surface area (Å²) in [6.45, 7) is 0.390. The monoisotopic (exact) mass is 319 g/mol. The molecule has 0 amide bonds. The molecule has 0 radical (unpaired) electrons. The van der Waals surface area contributed by atoms with Gasteiger partial charge in [-0.25, -0.2) is 13.1 Å². The number of halogens is 1. The predicted octanol–water partition coefficient (Wildman–Crippen LogP) is 1.50. The molecule has 2 N–H and O–H groups in total. The third kappa shape index (κ3) is 3.07. The van der Waals surface area contributed by atoms with Crippen molar-refractivity contribution in [2.75, 3.05) is 6.54 Å². The van der Waals surface area contributed by atoms with E-state index in [4.69, 9.17) is 5.11 Å². The fourth-order valence-corrected chi connectivity index (χ4v) is 3.95. The second-order valence-electron chi connectivity index (χ2n) is 4.27. The first-order valence-corrected chi connectivity index (χ1v) is 7.69. The van der Waals surface area contributed by atoms with E-state index in [9.17, 15) is 8.42 Å². The Morgan fingerprint density at radius 1 is 1.35 bits per heavy atom. The molecule has 0 aromatic heterocycles. The summed E-state index contributed by atoms with van der Waals surface area (Å²) in [6.07, 6.45) is 1.10. The Kier molecular flexibility index (Phi) is 3.87. The van der Waals surface area contributed by atoms with Gasteiger partial charge < -0.3 is 5.11 Å². The maximum Gasteiger partial charge on any atom is 0.241 e. The maximum atomic E-state index is 12.0. The number of aliphatic hydroxyl groups excluding tert-OH is 1. The fraction of sp³-hybridized carbons (Fsp3) is 0.455. The van der Waals surface area contributed by atoms with E-state index in [0.29, 0.717) is 23.9 Å². The Morgan fingerprint density at radius 3 is 2.59 bits per heavy atom. The van der Waals surface area contributed by atoms with E-state index in [1.54, 1.807) is 24.3 Å². The van der Waals surface area contributed by atoms with Crippen LogP contribution >= 0.6 is 15.9 Å². The SMILES string of the molecule is O=S(=O)(NCC1CC(O)C1)c1ccccc1Br. The van der Waals surface area contributed by atoms with Crippen molar-refractivity contribution in [3.05, 3.63) is 28.7 Å². The Morgan fingerprint density at radius 2 is 2.00 bits per heavy atom. The highest BCUT2D eigenvalue weighted by molar-refractivity contribution is 9.10. The lowest BCUT2D eigenvalue weighted by atomic mass is 9.83. The van der Waals surface area contributed by atoms with Crippen molar-refractivity contribution in [2.24, 2.45) is 5.92 Å². The Labute approximate surface area is 109 Å². The first-order chi connectivity index (χ1) is 7.99. The molecule has 1 saturated carbocycles. The molecule has 6 heteroatoms. The molecule has 0 atom stereocenters. The summed E-state index contributed by atoms with van der Waals surface area (Å²) in [5.41, 5.74) is 0. The standard InChI is InChI=1S/C11H14BrNO3S/c12-10-3-1-2-4-11(10)17(15,16)13-7-8-5-9(14)6-8/h1-4,8-9,13-14H,5-7H2. The molecule has 1 aliphatic rings. The van der Waals surface area contributed by atoms with Gasteiger partial charge in [0.2, 0.25) is 10.0 Å². The molecule has 4 nitrogen and oxygen atoms in total. The van der Waals surface area contributed by atoms with Crippen molar-refractivity contribution < 1.29 is 13.5 Å². The van der Waals surface area contributed by atoms with Crippen molar-refractivity contribution in [3.63, 3.8) is 0 Å². The first kappa shape index (κ1) is 13.0. The summed E-state index contributed by atoms with van der Waals surface area (Å²) in [4.78, 5) is 0.250. The molecule has 1 aromatic carbocycles. The minimum absolute atomic E-state index is 0.250. The lowest BCUT2D eigenvalue weighted by Crippen LogP contribution is -2.38. The Hall–Kier alpha value is -0.430. The van der Waals surface area contributed by atoms with Crippen molar-refractivity contribution in [1.82, 2.24) is 4.72 Å². The van der Waals surface area contributed by atoms with E-state index < -0.39 is 10.0 Å². The molecular weight excluding hydrogens is 306 g/mol. The summed E-state index contributed by atoms with van der Waals surface area (Å²) in [5.74, 6) is 0.252. The van der Waals surface area contributed by atoms with Crippen LogP contribution in [-0.4, -0.2) is 26.2 Å². The highest BCUT2D eigenvalue weighted by Gasteiger charge is 2.28. The van der Waals surface area contributed by atoms with Crippen LogP contribution in [0.2, 0.25) is 0 Å². The third-order valence-corrected chi connectivity index (χ3v) is 5.33. The molecule has 0 saturated heterocycles. The highest BCUT2D eigenvalue weighted by Crippen LogP contribution is 2.27. The van der Waals surface area contributed by atoms with Crippen LogP contribution in [0.1, 0.15) is 12.8 Å². The zero-order chi connectivity index (χ0) is 12.5. The molecule has 1 fully saturated rings. The number of aliphatic hydroxyl groups is 1. The van der Waals surface area contributed by atoms with Crippen LogP contribution in [0.4, 0.5) is 0 Å². The zero-order valence-corrected chi connectivity index (χ0v) is 11.5. The summed E-state index contributed by atoms with van der Waals surface area (Å²) in [7, 11) is -3.46. The molecule has 0 spiro atoms. The smallest absolute Gasteiger partial charge is 0.241 e. The van der Waals surface area contributed by atoms with Gasteiger partial charge in [0, 0.05) is 11.0 Å². The van der Waals surface area contributed by atoms with E-state index in [1.165, 1.54) is 0 Å². The van der Waals surface area contributed by atoms with Gasteiger partial charge in [-0.1, -0.05) is 12.1 Å². The van der Waals surface area contributed by atoms with Crippen molar-refractivity contribution in [3.8, 4) is 0 Å². The van der Waals surface area contributed by atoms with Gasteiger partial charge in [0.1, 0.15) is 0 Å². The minimum atomic E-state index is -3.46. The minimum Gasteiger partial charge on any atom is -0.393 e. The van der Waals surface area contributed by atoms with Gasteiger partial charge in [-0.05, 0) is 46.8 Å². The van der Waals surface area contributed by atoms with Gasteiger partial charge in [0.05, 0.1) is 11.0 Å². The van der Waals surface area contributed by atoms with Crippen molar-refractivity contribution in [1.29, 1.82) is 0 Å². The van der Waals surface area contributed by atoms with E-state index in [2.05, 4.69) is 20.7 Å². The van der Waals surface area contributed by atoms with E-state index in [1.807, 2.05) is 0 Å². The normalized spacial score (nSPS) is 24.4. The Balaban J connectivity index is 2.02. The van der Waals surface area contributed by atoms with Crippen LogP contribution in [0.25, 0.3) is 0 Å². The molecule has 1 aromatic rings. The summed E-state index contributed by atoms with van der Waals surface area (Å²) >= 11 is 3.22. The number of hydrogen-bond acceptors (Lipinski definition) is 3. The lowest BCUT2D eigenvalue weighted by Gasteiger charge is -2.31. The van der Waals surface area contributed by atoms with Gasteiger partial charge in [0.25, 0.3) is 0 Å². The van der Waals surface area contributed by atoms with Gasteiger partial charge in [-0.3, -0.25) is 0 Å². The van der Waals surface area contributed by atoms with E-state index in [0.717, 1.165) is 0 Å². The Bertz CT molecular complexity index is 497. The molecule has 0 bridgehead atoms. The summed E-state index contributed by atoms with van der Waals surface area (Å²) < 4.78 is 27.1. The topological polar surface area (TPSA) is 66.4 Å². The van der Waals surface area contributed by atoms with Crippen LogP contribution in [0.5, 0.6) is 0 Å². The molecule has 17 heavy (non-hydrogen) atoms. The summed E-state index contributed by atoms with van der Waals surface area (Å²) in [5, 5.41) is 9.12. The number of hydrogen-bond donors (Lipinski definition) is 2. The average Bonchev–Trinajstić information content (AvgIpc) is 2.23. The second kappa shape index (κ2) is 5.06. The number of rotatable bonds is 4. The molecular formula is C11H14BrNO3S. The predicted molar refractivity (Wildman–Crippen MR) is 68.1 cm³/mol. The van der Waals surface area contributed by atoms with Crippen LogP contribution in [0, 0.1) is 5.92 Å². The van der Waals surface area contributed by atoms with Gasteiger partial charge in [-0.2, -0.15) is 0 Å². The number of benzene rings is 1. The third-order valence-electron chi connectivity index (χ3n) is 2.90. The molecule has 2 rings (SSSR count). The molecule has 0 heterocycles. The van der Waals surface area contributed by atoms with Gasteiger partial charge in [-0.15, -0.1) is 0 Å².